The van der Waals surface area contributed by atoms with Gasteiger partial charge in [-0.05, 0) is 77.0 Å². The standard InChI is InChI=1S/C54H97NO7/c1-6-8-10-12-14-16-18-20-22-23-24-25-26-27-28-29-31-33-35-37-39-41-43-45-53(57)62-50(48-60-47-46-51(54(58)59)55(3,4)5)49-61-52(56)44-42-40-38-36-34-32-30-21-19-17-15-13-11-9-7-2/h15,17-18,20-21,23-24,30,50-51H,6-14,16,19,22,25-29,31-49H2,1-5H3/b17-15-,20-18-,24-23-,30-21-. The number of carbonyl (C=O) groups excluding carboxylic acids is 3. The van der Waals surface area contributed by atoms with E-state index in [2.05, 4.69) is 62.5 Å². The summed E-state index contributed by atoms with van der Waals surface area (Å²) in [5.41, 5.74) is 0. The van der Waals surface area contributed by atoms with Gasteiger partial charge in [0, 0.05) is 19.3 Å². The summed E-state index contributed by atoms with van der Waals surface area (Å²) in [5.74, 6) is -1.75. The summed E-state index contributed by atoms with van der Waals surface area (Å²) in [6.45, 7) is 4.63. The summed E-state index contributed by atoms with van der Waals surface area (Å²) >= 11 is 0. The highest BCUT2D eigenvalue weighted by atomic mass is 16.6. The molecule has 0 saturated carbocycles. The van der Waals surface area contributed by atoms with Crippen LogP contribution >= 0.6 is 0 Å². The molecule has 0 aliphatic carbocycles. The lowest BCUT2D eigenvalue weighted by molar-refractivity contribution is -0.889. The molecule has 0 aromatic rings. The van der Waals surface area contributed by atoms with E-state index in [9.17, 15) is 19.5 Å². The van der Waals surface area contributed by atoms with Crippen LogP contribution in [0.4, 0.5) is 0 Å². The van der Waals surface area contributed by atoms with Crippen molar-refractivity contribution in [1.29, 1.82) is 0 Å². The Balaban J connectivity index is 4.24. The van der Waals surface area contributed by atoms with E-state index in [4.69, 9.17) is 14.2 Å². The van der Waals surface area contributed by atoms with Gasteiger partial charge in [0.25, 0.3) is 0 Å². The van der Waals surface area contributed by atoms with Crippen LogP contribution in [0.3, 0.4) is 0 Å². The number of esters is 2. The maximum Gasteiger partial charge on any atom is 0.306 e. The van der Waals surface area contributed by atoms with Crippen LogP contribution in [-0.4, -0.2) is 75.5 Å². The number of hydrogen-bond acceptors (Lipinski definition) is 7. The fourth-order valence-corrected chi connectivity index (χ4v) is 7.43. The zero-order valence-electron chi connectivity index (χ0n) is 41.0. The van der Waals surface area contributed by atoms with Gasteiger partial charge in [-0.3, -0.25) is 9.59 Å². The molecule has 0 aliphatic rings. The Morgan fingerprint density at radius 3 is 1.27 bits per heavy atom. The summed E-state index contributed by atoms with van der Waals surface area (Å²) in [6.07, 6.45) is 54.2. The number of ether oxygens (including phenoxy) is 3. The van der Waals surface area contributed by atoms with Crippen LogP contribution in [0.1, 0.15) is 226 Å². The molecule has 0 spiro atoms. The molecule has 0 bridgehead atoms. The first-order valence-corrected chi connectivity index (χ1v) is 25.7. The Bertz CT molecular complexity index is 1150. The number of carboxylic acid groups (broad SMARTS) is 1. The average molecular weight is 872 g/mol. The van der Waals surface area contributed by atoms with Gasteiger partial charge in [-0.15, -0.1) is 0 Å². The third-order valence-corrected chi connectivity index (χ3v) is 11.4. The highest BCUT2D eigenvalue weighted by Gasteiger charge is 2.25. The van der Waals surface area contributed by atoms with Crippen LogP contribution in [0, 0.1) is 0 Å². The Morgan fingerprint density at radius 2 is 0.855 bits per heavy atom. The first-order chi connectivity index (χ1) is 30.1. The number of carboxylic acids is 1. The molecule has 0 radical (unpaired) electrons. The van der Waals surface area contributed by atoms with Crippen molar-refractivity contribution in [2.75, 3.05) is 41.0 Å². The van der Waals surface area contributed by atoms with Crippen molar-refractivity contribution >= 4 is 17.9 Å². The number of nitrogens with zero attached hydrogens (tertiary/aromatic N) is 1. The molecule has 0 rings (SSSR count). The molecule has 2 unspecified atom stereocenters. The zero-order chi connectivity index (χ0) is 45.6. The molecule has 0 aromatic carbocycles. The van der Waals surface area contributed by atoms with E-state index in [1.807, 2.05) is 0 Å². The van der Waals surface area contributed by atoms with E-state index >= 15 is 0 Å². The second kappa shape index (κ2) is 44.9. The summed E-state index contributed by atoms with van der Waals surface area (Å²) in [4.78, 5) is 37.0. The Hall–Kier alpha value is -2.71. The third-order valence-electron chi connectivity index (χ3n) is 11.4. The van der Waals surface area contributed by atoms with Gasteiger partial charge in [0.2, 0.25) is 0 Å². The fourth-order valence-electron chi connectivity index (χ4n) is 7.43. The van der Waals surface area contributed by atoms with Gasteiger partial charge in [-0.2, -0.15) is 0 Å². The second-order valence-electron chi connectivity index (χ2n) is 18.4. The molecule has 0 amide bonds. The van der Waals surface area contributed by atoms with E-state index in [0.717, 1.165) is 70.6 Å². The number of rotatable bonds is 46. The number of allylic oxidation sites excluding steroid dienone is 8. The van der Waals surface area contributed by atoms with E-state index in [0.29, 0.717) is 12.8 Å². The lowest BCUT2D eigenvalue weighted by atomic mass is 10.0. The predicted octanol–water partition coefficient (Wildman–Crippen LogP) is 13.4. The molecule has 0 aromatic heterocycles. The number of unbranched alkanes of at least 4 members (excludes halogenated alkanes) is 24. The summed E-state index contributed by atoms with van der Waals surface area (Å²) in [5, 5.41) is 11.7. The number of aliphatic carboxylic acids is 1. The third kappa shape index (κ3) is 42.6. The van der Waals surface area contributed by atoms with E-state index in [1.54, 1.807) is 21.1 Å². The lowest BCUT2D eigenvalue weighted by Crippen LogP contribution is -2.55. The first kappa shape index (κ1) is 59.3. The topological polar surface area (TPSA) is 102 Å². The maximum atomic E-state index is 12.8. The molecule has 0 aliphatic heterocycles. The van der Waals surface area contributed by atoms with Crippen LogP contribution in [-0.2, 0) is 28.6 Å². The molecule has 62 heavy (non-hydrogen) atoms. The molecule has 8 heteroatoms. The Labute approximate surface area is 382 Å². The molecule has 2 atom stereocenters. The van der Waals surface area contributed by atoms with Crippen molar-refractivity contribution < 1.29 is 38.2 Å². The van der Waals surface area contributed by atoms with Crippen LogP contribution in [0.5, 0.6) is 0 Å². The largest absolute Gasteiger partial charge is 0.544 e. The molecule has 0 N–H and O–H groups in total. The van der Waals surface area contributed by atoms with Gasteiger partial charge >= 0.3 is 11.9 Å². The van der Waals surface area contributed by atoms with Gasteiger partial charge < -0.3 is 28.6 Å². The normalized spacial score (nSPS) is 13.2. The summed E-state index contributed by atoms with van der Waals surface area (Å²) < 4.78 is 17.2. The number of quaternary nitrogens is 1. The van der Waals surface area contributed by atoms with Crippen molar-refractivity contribution in [3.05, 3.63) is 48.6 Å². The first-order valence-electron chi connectivity index (χ1n) is 25.7. The molecular formula is C54H97NO7. The van der Waals surface area contributed by atoms with E-state index in [1.165, 1.54) is 122 Å². The zero-order valence-corrected chi connectivity index (χ0v) is 41.0. The van der Waals surface area contributed by atoms with Gasteiger partial charge in [0.1, 0.15) is 12.6 Å². The highest BCUT2D eigenvalue weighted by molar-refractivity contribution is 5.70. The van der Waals surface area contributed by atoms with E-state index in [-0.39, 0.29) is 42.7 Å². The Kier molecular flexibility index (Phi) is 42.9. The monoisotopic (exact) mass is 872 g/mol. The van der Waals surface area contributed by atoms with Crippen LogP contribution in [0.2, 0.25) is 0 Å². The van der Waals surface area contributed by atoms with Crippen molar-refractivity contribution in [3.8, 4) is 0 Å². The molecule has 360 valence electrons. The van der Waals surface area contributed by atoms with Crippen LogP contribution < -0.4 is 5.11 Å². The maximum absolute atomic E-state index is 12.8. The SMILES string of the molecule is CCCCC/C=C\C/C=C\CCCCCCCC(=O)OCC(COCCC(C(=O)[O-])[N+](C)(C)C)OC(=O)CCCCCCCCCCCCC/C=C\C/C=C\CCCCCCC. The van der Waals surface area contributed by atoms with Crippen molar-refractivity contribution in [2.45, 2.75) is 238 Å². The number of carbonyl (C=O) groups is 3. The molecule has 8 nitrogen and oxygen atoms in total. The van der Waals surface area contributed by atoms with Crippen LogP contribution in [0.25, 0.3) is 0 Å². The van der Waals surface area contributed by atoms with E-state index < -0.39 is 18.1 Å². The molecule has 0 fully saturated rings. The minimum absolute atomic E-state index is 0.0356. The molecular weight excluding hydrogens is 775 g/mol. The average Bonchev–Trinajstić information content (AvgIpc) is 3.23. The number of likely N-dealkylation sites (N-methyl/N-ethyl adjacent to an activating group) is 1. The van der Waals surface area contributed by atoms with Gasteiger partial charge in [-0.25, -0.2) is 0 Å². The molecule has 0 saturated heterocycles. The quantitative estimate of drug-likeness (QED) is 0.0260. The number of hydrogen-bond donors (Lipinski definition) is 0. The minimum atomic E-state index is -1.13. The summed E-state index contributed by atoms with van der Waals surface area (Å²) in [6, 6.07) is -0.729. The van der Waals surface area contributed by atoms with Crippen LogP contribution in [0.15, 0.2) is 48.6 Å². The summed E-state index contributed by atoms with van der Waals surface area (Å²) in [7, 11) is 5.41. The smallest absolute Gasteiger partial charge is 0.306 e. The Morgan fingerprint density at radius 1 is 0.484 bits per heavy atom. The second-order valence-corrected chi connectivity index (χ2v) is 18.4. The molecule has 0 heterocycles. The van der Waals surface area contributed by atoms with Gasteiger partial charge in [0.05, 0.1) is 40.3 Å². The van der Waals surface area contributed by atoms with Crippen molar-refractivity contribution in [2.24, 2.45) is 0 Å². The fraction of sp³-hybridized carbons (Fsp3) is 0.796. The van der Waals surface area contributed by atoms with Gasteiger partial charge in [0.15, 0.2) is 6.10 Å². The predicted molar refractivity (Wildman–Crippen MR) is 259 cm³/mol. The van der Waals surface area contributed by atoms with Crippen molar-refractivity contribution in [3.63, 3.8) is 0 Å². The highest BCUT2D eigenvalue weighted by Crippen LogP contribution is 2.15. The lowest BCUT2D eigenvalue weighted by Gasteiger charge is -2.34. The van der Waals surface area contributed by atoms with Crippen molar-refractivity contribution in [1.82, 2.24) is 0 Å². The minimum Gasteiger partial charge on any atom is -0.544 e. The van der Waals surface area contributed by atoms with Gasteiger partial charge in [-0.1, -0.05) is 178 Å².